The van der Waals surface area contributed by atoms with E-state index in [0.717, 1.165) is 26.3 Å². The molecule has 1 aromatic rings. The van der Waals surface area contributed by atoms with Crippen LogP contribution >= 0.6 is 0 Å². The molecule has 0 saturated carbocycles. The van der Waals surface area contributed by atoms with Crippen molar-refractivity contribution in [2.75, 3.05) is 59.8 Å². The SMILES string of the molecule is COCCOCC(=O)NCC(c1ccc(C)cc1)N1CCOCC1. The number of carbonyl (C=O) groups excluding carboxylic acids is 1. The van der Waals surface area contributed by atoms with Gasteiger partial charge in [0, 0.05) is 26.7 Å². The molecular formula is C18H28N2O4. The summed E-state index contributed by atoms with van der Waals surface area (Å²) < 4.78 is 15.6. The van der Waals surface area contributed by atoms with Gasteiger partial charge in [0.25, 0.3) is 0 Å². The first-order chi connectivity index (χ1) is 11.7. The number of nitrogens with zero attached hydrogens (tertiary/aromatic N) is 1. The van der Waals surface area contributed by atoms with E-state index in [1.165, 1.54) is 11.1 Å². The summed E-state index contributed by atoms with van der Waals surface area (Å²) in [4.78, 5) is 14.3. The molecule has 0 aliphatic carbocycles. The van der Waals surface area contributed by atoms with Gasteiger partial charge in [-0.05, 0) is 12.5 Å². The summed E-state index contributed by atoms with van der Waals surface area (Å²) in [6.07, 6.45) is 0. The lowest BCUT2D eigenvalue weighted by molar-refractivity contribution is -0.126. The van der Waals surface area contributed by atoms with Crippen molar-refractivity contribution < 1.29 is 19.0 Å². The summed E-state index contributed by atoms with van der Waals surface area (Å²) in [6.45, 7) is 6.83. The van der Waals surface area contributed by atoms with Gasteiger partial charge in [0.1, 0.15) is 6.61 Å². The number of nitrogens with one attached hydrogen (secondary N) is 1. The molecule has 24 heavy (non-hydrogen) atoms. The number of amides is 1. The summed E-state index contributed by atoms with van der Waals surface area (Å²) in [5.74, 6) is -0.100. The van der Waals surface area contributed by atoms with E-state index in [2.05, 4.69) is 41.4 Å². The van der Waals surface area contributed by atoms with Gasteiger partial charge in [-0.25, -0.2) is 0 Å². The Labute approximate surface area is 144 Å². The number of aryl methyl sites for hydroxylation is 1. The van der Waals surface area contributed by atoms with E-state index in [4.69, 9.17) is 14.2 Å². The van der Waals surface area contributed by atoms with Gasteiger partial charge in [-0.15, -0.1) is 0 Å². The maximum absolute atomic E-state index is 12.0. The number of hydrogen-bond acceptors (Lipinski definition) is 5. The zero-order valence-corrected chi connectivity index (χ0v) is 14.6. The largest absolute Gasteiger partial charge is 0.382 e. The zero-order valence-electron chi connectivity index (χ0n) is 14.6. The highest BCUT2D eigenvalue weighted by Crippen LogP contribution is 2.21. The first-order valence-electron chi connectivity index (χ1n) is 8.42. The predicted octanol–water partition coefficient (Wildman–Crippen LogP) is 1.15. The Balaban J connectivity index is 1.90. The van der Waals surface area contributed by atoms with Crippen LogP contribution in [-0.4, -0.2) is 70.6 Å². The van der Waals surface area contributed by atoms with Crippen molar-refractivity contribution in [2.24, 2.45) is 0 Å². The maximum Gasteiger partial charge on any atom is 0.246 e. The Morgan fingerprint density at radius 3 is 2.62 bits per heavy atom. The first-order valence-corrected chi connectivity index (χ1v) is 8.42. The van der Waals surface area contributed by atoms with E-state index in [0.29, 0.717) is 19.8 Å². The van der Waals surface area contributed by atoms with Crippen molar-refractivity contribution >= 4 is 5.91 Å². The normalized spacial score (nSPS) is 16.8. The van der Waals surface area contributed by atoms with Crippen LogP contribution in [0.5, 0.6) is 0 Å². The van der Waals surface area contributed by atoms with Gasteiger partial charge in [-0.1, -0.05) is 29.8 Å². The zero-order chi connectivity index (χ0) is 17.2. The topological polar surface area (TPSA) is 60.0 Å². The summed E-state index contributed by atoms with van der Waals surface area (Å²) in [6, 6.07) is 8.64. The Morgan fingerprint density at radius 1 is 1.25 bits per heavy atom. The van der Waals surface area contributed by atoms with Crippen molar-refractivity contribution in [1.82, 2.24) is 10.2 Å². The smallest absolute Gasteiger partial charge is 0.246 e. The van der Waals surface area contributed by atoms with Gasteiger partial charge >= 0.3 is 0 Å². The van der Waals surface area contributed by atoms with Gasteiger partial charge < -0.3 is 19.5 Å². The van der Waals surface area contributed by atoms with E-state index in [1.807, 2.05) is 0 Å². The number of carbonyl (C=O) groups is 1. The summed E-state index contributed by atoms with van der Waals surface area (Å²) >= 11 is 0. The van der Waals surface area contributed by atoms with Crippen LogP contribution < -0.4 is 5.32 Å². The van der Waals surface area contributed by atoms with Crippen molar-refractivity contribution in [3.63, 3.8) is 0 Å². The van der Waals surface area contributed by atoms with E-state index >= 15 is 0 Å². The van der Waals surface area contributed by atoms with Crippen LogP contribution in [0.2, 0.25) is 0 Å². The first kappa shape index (κ1) is 18.9. The van der Waals surface area contributed by atoms with Gasteiger partial charge in [-0.3, -0.25) is 9.69 Å². The van der Waals surface area contributed by atoms with Crippen molar-refractivity contribution in [2.45, 2.75) is 13.0 Å². The molecule has 1 aliphatic rings. The second-order valence-electron chi connectivity index (χ2n) is 5.92. The van der Waals surface area contributed by atoms with Gasteiger partial charge in [0.15, 0.2) is 0 Å². The van der Waals surface area contributed by atoms with E-state index < -0.39 is 0 Å². The molecule has 2 rings (SSSR count). The van der Waals surface area contributed by atoms with Crippen LogP contribution in [0.15, 0.2) is 24.3 Å². The minimum absolute atomic E-state index is 0.0626. The van der Waals surface area contributed by atoms with Crippen LogP contribution in [0.4, 0.5) is 0 Å². The van der Waals surface area contributed by atoms with Crippen molar-refractivity contribution in [3.8, 4) is 0 Å². The lowest BCUT2D eigenvalue weighted by atomic mass is 10.0. The highest BCUT2D eigenvalue weighted by molar-refractivity contribution is 5.77. The van der Waals surface area contributed by atoms with E-state index in [-0.39, 0.29) is 18.6 Å². The monoisotopic (exact) mass is 336 g/mol. The molecule has 0 radical (unpaired) electrons. The molecule has 134 valence electrons. The molecule has 1 N–H and O–H groups in total. The number of morpholine rings is 1. The van der Waals surface area contributed by atoms with Crippen LogP contribution in [0.25, 0.3) is 0 Å². The number of rotatable bonds is 9. The van der Waals surface area contributed by atoms with Crippen LogP contribution in [0, 0.1) is 6.92 Å². The standard InChI is InChI=1S/C18H28N2O4/c1-15-3-5-16(6-4-15)17(20-7-9-23-10-8-20)13-19-18(21)14-24-12-11-22-2/h3-6,17H,7-14H2,1-2H3,(H,19,21). The Hall–Kier alpha value is -1.47. The molecular weight excluding hydrogens is 308 g/mol. The number of ether oxygens (including phenoxy) is 3. The molecule has 6 nitrogen and oxygen atoms in total. The second-order valence-corrected chi connectivity index (χ2v) is 5.92. The fourth-order valence-electron chi connectivity index (χ4n) is 2.70. The summed E-state index contributed by atoms with van der Waals surface area (Å²) in [5.41, 5.74) is 2.44. The van der Waals surface area contributed by atoms with Gasteiger partial charge in [0.2, 0.25) is 5.91 Å². The molecule has 1 heterocycles. The van der Waals surface area contributed by atoms with Crippen LogP contribution in [0.3, 0.4) is 0 Å². The third-order valence-corrected chi connectivity index (χ3v) is 4.11. The number of benzene rings is 1. The minimum atomic E-state index is -0.100. The highest BCUT2D eigenvalue weighted by Gasteiger charge is 2.23. The van der Waals surface area contributed by atoms with E-state index in [1.54, 1.807) is 7.11 Å². The molecule has 0 spiro atoms. The molecule has 1 fully saturated rings. The molecule has 1 aliphatic heterocycles. The average molecular weight is 336 g/mol. The molecule has 1 unspecified atom stereocenters. The third-order valence-electron chi connectivity index (χ3n) is 4.11. The van der Waals surface area contributed by atoms with Crippen LogP contribution in [0.1, 0.15) is 17.2 Å². The molecule has 1 aromatic carbocycles. The molecule has 1 saturated heterocycles. The predicted molar refractivity (Wildman–Crippen MR) is 92.0 cm³/mol. The van der Waals surface area contributed by atoms with Crippen molar-refractivity contribution in [1.29, 1.82) is 0 Å². The fraction of sp³-hybridized carbons (Fsp3) is 0.611. The van der Waals surface area contributed by atoms with Gasteiger partial charge in [0.05, 0.1) is 32.5 Å². The summed E-state index contributed by atoms with van der Waals surface area (Å²) in [5, 5.41) is 2.98. The Morgan fingerprint density at radius 2 is 1.96 bits per heavy atom. The molecule has 6 heteroatoms. The lowest BCUT2D eigenvalue weighted by Crippen LogP contribution is -2.44. The maximum atomic E-state index is 12.0. The third kappa shape index (κ3) is 6.20. The second kappa shape index (κ2) is 10.4. The average Bonchev–Trinajstić information content (AvgIpc) is 2.61. The quantitative estimate of drug-likeness (QED) is 0.686. The Kier molecular flexibility index (Phi) is 8.18. The highest BCUT2D eigenvalue weighted by atomic mass is 16.5. The molecule has 1 amide bonds. The molecule has 0 aromatic heterocycles. The molecule has 1 atom stereocenters. The van der Waals surface area contributed by atoms with E-state index in [9.17, 15) is 4.79 Å². The fourth-order valence-corrected chi connectivity index (χ4v) is 2.70. The van der Waals surface area contributed by atoms with Gasteiger partial charge in [-0.2, -0.15) is 0 Å². The van der Waals surface area contributed by atoms with Crippen molar-refractivity contribution in [3.05, 3.63) is 35.4 Å². The minimum Gasteiger partial charge on any atom is -0.382 e. The van der Waals surface area contributed by atoms with Crippen LogP contribution in [-0.2, 0) is 19.0 Å². The summed E-state index contributed by atoms with van der Waals surface area (Å²) in [7, 11) is 1.61. The number of hydrogen-bond donors (Lipinski definition) is 1. The number of methoxy groups -OCH3 is 1. The Bertz CT molecular complexity index is 486. The molecule has 0 bridgehead atoms. The lowest BCUT2D eigenvalue weighted by Gasteiger charge is -2.35.